The SMILES string of the molecule is Cc1c(Cl)cccc1N1CCN(CCCN(C)C(=O)c2nc(-c3ccccc3)n(-c3ccc4c(c3)OCCO4)c2C)CC1. The van der Waals surface area contributed by atoms with Crippen molar-refractivity contribution in [3.63, 3.8) is 0 Å². The number of amides is 1. The number of hydrogen-bond acceptors (Lipinski definition) is 6. The molecule has 0 N–H and O–H groups in total. The second-order valence-electron chi connectivity index (χ2n) is 11.2. The fourth-order valence-corrected chi connectivity index (χ4v) is 6.11. The molecular formula is C34H38ClN5O3. The number of imidazole rings is 1. The average molecular weight is 600 g/mol. The van der Waals surface area contributed by atoms with Crippen molar-refractivity contribution in [3.05, 3.63) is 88.7 Å². The number of carbonyl (C=O) groups is 1. The Morgan fingerprint density at radius 2 is 1.67 bits per heavy atom. The quantitative estimate of drug-likeness (QED) is 0.253. The fourth-order valence-electron chi connectivity index (χ4n) is 5.94. The predicted molar refractivity (Wildman–Crippen MR) is 171 cm³/mol. The zero-order chi connectivity index (χ0) is 29.9. The number of piperazine rings is 1. The number of ether oxygens (including phenoxy) is 2. The number of hydrogen-bond donors (Lipinski definition) is 0. The molecule has 3 aromatic carbocycles. The molecule has 3 heterocycles. The van der Waals surface area contributed by atoms with Crippen molar-refractivity contribution in [2.24, 2.45) is 0 Å². The zero-order valence-corrected chi connectivity index (χ0v) is 25.8. The molecule has 1 aromatic heterocycles. The normalized spacial score (nSPS) is 15.0. The topological polar surface area (TPSA) is 63.1 Å². The second kappa shape index (κ2) is 12.7. The van der Waals surface area contributed by atoms with E-state index in [0.29, 0.717) is 31.2 Å². The monoisotopic (exact) mass is 599 g/mol. The Kier molecular flexibility index (Phi) is 8.58. The summed E-state index contributed by atoms with van der Waals surface area (Å²) < 4.78 is 13.6. The maximum Gasteiger partial charge on any atom is 0.274 e. The van der Waals surface area contributed by atoms with E-state index in [2.05, 4.69) is 22.8 Å². The highest BCUT2D eigenvalue weighted by Gasteiger charge is 2.25. The number of aromatic nitrogens is 2. The summed E-state index contributed by atoms with van der Waals surface area (Å²) in [5, 5.41) is 0.815. The Hall–Kier alpha value is -4.01. The molecule has 1 amide bonds. The van der Waals surface area contributed by atoms with Gasteiger partial charge < -0.3 is 19.3 Å². The Morgan fingerprint density at radius 1 is 0.930 bits per heavy atom. The molecule has 224 valence electrons. The van der Waals surface area contributed by atoms with Crippen LogP contribution in [-0.4, -0.2) is 84.8 Å². The van der Waals surface area contributed by atoms with Gasteiger partial charge in [0.2, 0.25) is 0 Å². The van der Waals surface area contributed by atoms with E-state index in [-0.39, 0.29) is 5.91 Å². The van der Waals surface area contributed by atoms with Crippen LogP contribution in [0.1, 0.15) is 28.2 Å². The highest BCUT2D eigenvalue weighted by atomic mass is 35.5. The largest absolute Gasteiger partial charge is 0.486 e. The first-order valence-corrected chi connectivity index (χ1v) is 15.3. The summed E-state index contributed by atoms with van der Waals surface area (Å²) in [5.74, 6) is 2.07. The fraction of sp³-hybridized carbons (Fsp3) is 0.353. The smallest absolute Gasteiger partial charge is 0.274 e. The van der Waals surface area contributed by atoms with E-state index < -0.39 is 0 Å². The van der Waals surface area contributed by atoms with E-state index >= 15 is 0 Å². The first-order chi connectivity index (χ1) is 20.9. The van der Waals surface area contributed by atoms with Crippen molar-refractivity contribution < 1.29 is 14.3 Å². The molecular weight excluding hydrogens is 562 g/mol. The molecule has 8 nitrogen and oxygen atoms in total. The Balaban J connectivity index is 1.13. The van der Waals surface area contributed by atoms with Gasteiger partial charge in [0.1, 0.15) is 24.7 Å². The standard InChI is InChI=1S/C34H38ClN5O3/c1-24-28(35)11-7-12-29(24)39-19-17-38(18-20-39)16-8-15-37(3)34(41)32-25(2)40(33(36-32)26-9-5-4-6-10-26)27-13-14-30-31(23-27)43-22-21-42-30/h4-7,9-14,23H,8,15-22H2,1-3H3. The summed E-state index contributed by atoms with van der Waals surface area (Å²) in [6.45, 7) is 10.6. The lowest BCUT2D eigenvalue weighted by molar-refractivity contribution is 0.0782. The third-order valence-corrected chi connectivity index (χ3v) is 8.80. The van der Waals surface area contributed by atoms with E-state index in [1.165, 1.54) is 5.69 Å². The minimum atomic E-state index is -0.0766. The van der Waals surface area contributed by atoms with Crippen LogP contribution >= 0.6 is 11.6 Å². The number of nitrogens with zero attached hydrogens (tertiary/aromatic N) is 5. The van der Waals surface area contributed by atoms with Crippen molar-refractivity contribution in [1.82, 2.24) is 19.4 Å². The van der Waals surface area contributed by atoms with Crippen molar-refractivity contribution in [2.45, 2.75) is 20.3 Å². The maximum atomic E-state index is 13.7. The number of carbonyl (C=O) groups excluding carboxylic acids is 1. The van der Waals surface area contributed by atoms with Crippen molar-refractivity contribution in [2.75, 3.05) is 64.4 Å². The van der Waals surface area contributed by atoms with Crippen LogP contribution in [0.5, 0.6) is 11.5 Å². The molecule has 1 fully saturated rings. The van der Waals surface area contributed by atoms with Crippen LogP contribution in [0, 0.1) is 13.8 Å². The molecule has 0 saturated carbocycles. The van der Waals surface area contributed by atoms with E-state index in [1.54, 1.807) is 4.90 Å². The number of benzene rings is 3. The first-order valence-electron chi connectivity index (χ1n) is 14.9. The van der Waals surface area contributed by atoms with Crippen LogP contribution in [0.4, 0.5) is 5.69 Å². The molecule has 0 bridgehead atoms. The molecule has 0 aliphatic carbocycles. The molecule has 2 aliphatic heterocycles. The second-order valence-corrected chi connectivity index (χ2v) is 11.6. The van der Waals surface area contributed by atoms with Gasteiger partial charge in [0, 0.05) is 62.1 Å². The number of rotatable bonds is 8. The van der Waals surface area contributed by atoms with Gasteiger partial charge in [-0.2, -0.15) is 0 Å². The highest BCUT2D eigenvalue weighted by Crippen LogP contribution is 2.35. The molecule has 6 rings (SSSR count). The van der Waals surface area contributed by atoms with Crippen molar-refractivity contribution in [3.8, 4) is 28.6 Å². The number of anilines is 1. The van der Waals surface area contributed by atoms with Gasteiger partial charge in [-0.05, 0) is 56.6 Å². The van der Waals surface area contributed by atoms with Gasteiger partial charge in [0.05, 0.1) is 11.4 Å². The zero-order valence-electron chi connectivity index (χ0n) is 25.1. The Labute approximate surface area is 258 Å². The van der Waals surface area contributed by atoms with Gasteiger partial charge in [-0.3, -0.25) is 14.3 Å². The number of halogens is 1. The molecule has 9 heteroatoms. The molecule has 1 saturated heterocycles. The molecule has 4 aromatic rings. The van der Waals surface area contributed by atoms with Gasteiger partial charge >= 0.3 is 0 Å². The maximum absolute atomic E-state index is 13.7. The van der Waals surface area contributed by atoms with Crippen LogP contribution < -0.4 is 14.4 Å². The lowest BCUT2D eigenvalue weighted by Crippen LogP contribution is -2.47. The third-order valence-electron chi connectivity index (χ3n) is 8.39. The number of fused-ring (bicyclic) bond motifs is 1. The molecule has 0 radical (unpaired) electrons. The summed E-state index contributed by atoms with van der Waals surface area (Å²) >= 11 is 6.35. The van der Waals surface area contributed by atoms with Crippen LogP contribution in [0.3, 0.4) is 0 Å². The summed E-state index contributed by atoms with van der Waals surface area (Å²) in [5.41, 5.74) is 5.43. The summed E-state index contributed by atoms with van der Waals surface area (Å²) in [6.07, 6.45) is 0.895. The van der Waals surface area contributed by atoms with E-state index in [9.17, 15) is 4.79 Å². The Morgan fingerprint density at radius 3 is 2.44 bits per heavy atom. The van der Waals surface area contributed by atoms with Crippen LogP contribution in [0.25, 0.3) is 17.1 Å². The van der Waals surface area contributed by atoms with E-state index in [0.717, 1.165) is 78.2 Å². The average Bonchev–Trinajstić information content (AvgIpc) is 3.39. The minimum absolute atomic E-state index is 0.0766. The molecule has 0 spiro atoms. The third kappa shape index (κ3) is 6.08. The van der Waals surface area contributed by atoms with E-state index in [1.807, 2.05) is 79.2 Å². The predicted octanol–water partition coefficient (Wildman–Crippen LogP) is 5.87. The van der Waals surface area contributed by atoms with Gasteiger partial charge in [0.25, 0.3) is 5.91 Å². The molecule has 0 unspecified atom stereocenters. The van der Waals surface area contributed by atoms with Crippen molar-refractivity contribution in [1.29, 1.82) is 0 Å². The van der Waals surface area contributed by atoms with Crippen molar-refractivity contribution >= 4 is 23.2 Å². The summed E-state index contributed by atoms with van der Waals surface area (Å²) in [6, 6.07) is 22.0. The van der Waals surface area contributed by atoms with Gasteiger partial charge in [-0.15, -0.1) is 0 Å². The lowest BCUT2D eigenvalue weighted by Gasteiger charge is -2.37. The van der Waals surface area contributed by atoms with Crippen LogP contribution in [-0.2, 0) is 0 Å². The lowest BCUT2D eigenvalue weighted by atomic mass is 10.1. The van der Waals surface area contributed by atoms with Gasteiger partial charge in [0.15, 0.2) is 11.5 Å². The minimum Gasteiger partial charge on any atom is -0.486 e. The van der Waals surface area contributed by atoms with E-state index in [4.69, 9.17) is 26.1 Å². The molecule has 0 atom stereocenters. The highest BCUT2D eigenvalue weighted by molar-refractivity contribution is 6.31. The molecule has 43 heavy (non-hydrogen) atoms. The van der Waals surface area contributed by atoms with Crippen LogP contribution in [0.2, 0.25) is 5.02 Å². The van der Waals surface area contributed by atoms with Gasteiger partial charge in [-0.1, -0.05) is 48.0 Å². The molecule has 2 aliphatic rings. The summed E-state index contributed by atoms with van der Waals surface area (Å²) in [4.78, 5) is 25.3. The van der Waals surface area contributed by atoms with Crippen LogP contribution in [0.15, 0.2) is 66.7 Å². The van der Waals surface area contributed by atoms with Gasteiger partial charge in [-0.25, -0.2) is 4.98 Å². The first kappa shape index (κ1) is 29.1. The summed E-state index contributed by atoms with van der Waals surface area (Å²) in [7, 11) is 1.87. The Bertz CT molecular complexity index is 1600.